The maximum absolute atomic E-state index is 13.6. The molecule has 0 radical (unpaired) electrons. The van der Waals surface area contributed by atoms with Crippen molar-refractivity contribution in [1.82, 2.24) is 9.55 Å². The van der Waals surface area contributed by atoms with Gasteiger partial charge in [-0.15, -0.1) is 11.3 Å². The first-order valence-corrected chi connectivity index (χ1v) is 10.2. The van der Waals surface area contributed by atoms with Gasteiger partial charge in [-0.05, 0) is 48.9 Å². The minimum Gasteiger partial charge on any atom is -0.288 e. The molecule has 4 nitrogen and oxygen atoms in total. The van der Waals surface area contributed by atoms with Gasteiger partial charge < -0.3 is 0 Å². The summed E-state index contributed by atoms with van der Waals surface area (Å²) in [6.45, 7) is 1.93. The number of benzene rings is 3. The predicted octanol–water partition coefficient (Wildman–Crippen LogP) is 5.08. The van der Waals surface area contributed by atoms with Crippen LogP contribution in [0.4, 0.5) is 4.39 Å². The average molecular weight is 414 g/mol. The van der Waals surface area contributed by atoms with Crippen LogP contribution in [0.15, 0.2) is 82.4 Å². The van der Waals surface area contributed by atoms with Crippen molar-refractivity contribution in [3.63, 3.8) is 0 Å². The monoisotopic (exact) mass is 414 g/mol. The Balaban J connectivity index is 1.99. The normalized spacial score (nSPS) is 11.3. The van der Waals surface area contributed by atoms with E-state index in [4.69, 9.17) is 4.98 Å². The summed E-state index contributed by atoms with van der Waals surface area (Å²) in [7, 11) is 0. The molecule has 2 aromatic heterocycles. The highest BCUT2D eigenvalue weighted by Crippen LogP contribution is 2.27. The molecule has 6 heteroatoms. The zero-order chi connectivity index (χ0) is 20.8. The van der Waals surface area contributed by atoms with E-state index in [2.05, 4.69) is 0 Å². The molecule has 0 spiro atoms. The molecule has 0 saturated heterocycles. The molecule has 0 aliphatic rings. The molecule has 5 rings (SSSR count). The molecule has 3 aromatic carbocycles. The van der Waals surface area contributed by atoms with Gasteiger partial charge in [0.05, 0.1) is 5.69 Å². The van der Waals surface area contributed by atoms with Gasteiger partial charge in [-0.2, -0.15) is 0 Å². The van der Waals surface area contributed by atoms with Crippen LogP contribution in [-0.2, 0) is 0 Å². The second-order valence-electron chi connectivity index (χ2n) is 6.97. The Morgan fingerprint density at radius 3 is 2.37 bits per heavy atom. The molecule has 0 N–H and O–H groups in total. The summed E-state index contributed by atoms with van der Waals surface area (Å²) in [4.78, 5) is 31.9. The lowest BCUT2D eigenvalue weighted by Crippen LogP contribution is -2.26. The van der Waals surface area contributed by atoms with Crippen LogP contribution < -0.4 is 11.0 Å². The summed E-state index contributed by atoms with van der Waals surface area (Å²) in [5.41, 5.74) is 1.36. The smallest absolute Gasteiger partial charge is 0.271 e. The molecular formula is C24H15FN2O2S. The van der Waals surface area contributed by atoms with Crippen molar-refractivity contribution in [3.8, 4) is 17.1 Å². The zero-order valence-corrected chi connectivity index (χ0v) is 16.7. The maximum Gasteiger partial charge on any atom is 0.271 e. The standard InChI is InChI=1S/C24H15FN2O2S/c1-14-6-2-3-7-17(14)22-26-23-20(21(28)18-8-4-5-9-19(18)30-23)24(29)27(22)16-12-10-15(25)11-13-16/h2-13H,1H3. The van der Waals surface area contributed by atoms with E-state index in [-0.39, 0.29) is 10.8 Å². The van der Waals surface area contributed by atoms with E-state index < -0.39 is 11.4 Å². The Morgan fingerprint density at radius 1 is 0.900 bits per heavy atom. The molecule has 0 atom stereocenters. The second kappa shape index (κ2) is 7.00. The Labute approximate surface area is 174 Å². The van der Waals surface area contributed by atoms with Gasteiger partial charge in [0.15, 0.2) is 0 Å². The second-order valence-corrected chi connectivity index (χ2v) is 8.01. The van der Waals surface area contributed by atoms with Crippen molar-refractivity contribution in [1.29, 1.82) is 0 Å². The van der Waals surface area contributed by atoms with Crippen molar-refractivity contribution in [2.75, 3.05) is 0 Å². The number of aromatic nitrogens is 2. The third-order valence-corrected chi connectivity index (χ3v) is 6.15. The molecule has 0 amide bonds. The van der Waals surface area contributed by atoms with E-state index in [1.807, 2.05) is 43.3 Å². The first-order chi connectivity index (χ1) is 14.5. The fourth-order valence-corrected chi connectivity index (χ4v) is 4.63. The van der Waals surface area contributed by atoms with Gasteiger partial charge in [-0.3, -0.25) is 14.2 Å². The zero-order valence-electron chi connectivity index (χ0n) is 15.9. The van der Waals surface area contributed by atoms with Crippen molar-refractivity contribution >= 4 is 31.6 Å². The number of nitrogens with zero attached hydrogens (tertiary/aromatic N) is 2. The van der Waals surface area contributed by atoms with E-state index in [9.17, 15) is 14.0 Å². The molecule has 146 valence electrons. The predicted molar refractivity (Wildman–Crippen MR) is 119 cm³/mol. The molecule has 0 saturated carbocycles. The largest absolute Gasteiger partial charge is 0.288 e. The van der Waals surface area contributed by atoms with Crippen molar-refractivity contribution in [2.24, 2.45) is 0 Å². The summed E-state index contributed by atoms with van der Waals surface area (Å²) >= 11 is 1.32. The SMILES string of the molecule is Cc1ccccc1-c1nc2sc3ccccc3c(=O)c2c(=O)n1-c1ccc(F)cc1. The highest BCUT2D eigenvalue weighted by molar-refractivity contribution is 7.24. The third kappa shape index (κ3) is 2.84. The third-order valence-electron chi connectivity index (χ3n) is 5.09. The molecule has 0 fully saturated rings. The molecule has 0 aliphatic carbocycles. The van der Waals surface area contributed by atoms with Crippen LogP contribution >= 0.6 is 11.3 Å². The highest BCUT2D eigenvalue weighted by Gasteiger charge is 2.19. The van der Waals surface area contributed by atoms with Gasteiger partial charge in [0.25, 0.3) is 5.56 Å². The minimum absolute atomic E-state index is 0.0420. The first-order valence-electron chi connectivity index (χ1n) is 9.35. The van der Waals surface area contributed by atoms with E-state index in [1.165, 1.54) is 40.2 Å². The highest BCUT2D eigenvalue weighted by atomic mass is 32.1. The molecule has 5 aromatic rings. The van der Waals surface area contributed by atoms with Crippen LogP contribution in [0.5, 0.6) is 0 Å². The van der Waals surface area contributed by atoms with E-state index >= 15 is 0 Å². The first kappa shape index (κ1) is 18.4. The topological polar surface area (TPSA) is 52.0 Å². The number of hydrogen-bond donors (Lipinski definition) is 0. The quantitative estimate of drug-likeness (QED) is 0.379. The molecule has 0 unspecified atom stereocenters. The van der Waals surface area contributed by atoms with E-state index in [0.29, 0.717) is 21.7 Å². The van der Waals surface area contributed by atoms with Crippen molar-refractivity contribution < 1.29 is 4.39 Å². The van der Waals surface area contributed by atoms with Crippen LogP contribution in [0.3, 0.4) is 0 Å². The minimum atomic E-state index is -0.461. The molecular weight excluding hydrogens is 399 g/mol. The van der Waals surface area contributed by atoms with Gasteiger partial charge in [0.2, 0.25) is 5.43 Å². The average Bonchev–Trinajstić information content (AvgIpc) is 2.75. The van der Waals surface area contributed by atoms with Crippen LogP contribution in [0.1, 0.15) is 5.56 Å². The number of hydrogen-bond acceptors (Lipinski definition) is 4. The van der Waals surface area contributed by atoms with Crippen molar-refractivity contribution in [3.05, 3.63) is 105 Å². The van der Waals surface area contributed by atoms with Gasteiger partial charge in [0, 0.05) is 15.6 Å². The lowest BCUT2D eigenvalue weighted by atomic mass is 10.1. The lowest BCUT2D eigenvalue weighted by Gasteiger charge is -2.15. The Morgan fingerprint density at radius 2 is 1.60 bits per heavy atom. The summed E-state index contributed by atoms with van der Waals surface area (Å²) in [6, 6.07) is 20.4. The van der Waals surface area contributed by atoms with Crippen LogP contribution in [0, 0.1) is 12.7 Å². The van der Waals surface area contributed by atoms with Gasteiger partial charge in [0.1, 0.15) is 21.9 Å². The number of fused-ring (bicyclic) bond motifs is 2. The van der Waals surface area contributed by atoms with Gasteiger partial charge in [-0.25, -0.2) is 9.37 Å². The molecule has 0 bridgehead atoms. The van der Waals surface area contributed by atoms with Gasteiger partial charge >= 0.3 is 0 Å². The number of rotatable bonds is 2. The Hall–Kier alpha value is -3.64. The summed E-state index contributed by atoms with van der Waals surface area (Å²) in [5.74, 6) is 0.0128. The lowest BCUT2D eigenvalue weighted by molar-refractivity contribution is 0.627. The van der Waals surface area contributed by atoms with Crippen LogP contribution in [0.25, 0.3) is 37.4 Å². The summed E-state index contributed by atoms with van der Waals surface area (Å²) in [5, 5.41) is 0.531. The Bertz CT molecular complexity index is 1550. The Kier molecular flexibility index (Phi) is 4.29. The van der Waals surface area contributed by atoms with Gasteiger partial charge in [-0.1, -0.05) is 36.4 Å². The maximum atomic E-state index is 13.6. The fraction of sp³-hybridized carbons (Fsp3) is 0.0417. The summed E-state index contributed by atoms with van der Waals surface area (Å²) in [6.07, 6.45) is 0. The number of aryl methyl sites for hydroxylation is 1. The molecule has 30 heavy (non-hydrogen) atoms. The number of halogens is 1. The fourth-order valence-electron chi connectivity index (χ4n) is 3.59. The van der Waals surface area contributed by atoms with Crippen LogP contribution in [0.2, 0.25) is 0 Å². The molecule has 2 heterocycles. The van der Waals surface area contributed by atoms with Crippen molar-refractivity contribution in [2.45, 2.75) is 6.92 Å². The summed E-state index contributed by atoms with van der Waals surface area (Å²) < 4.78 is 15.7. The van der Waals surface area contributed by atoms with E-state index in [0.717, 1.165) is 15.8 Å². The van der Waals surface area contributed by atoms with E-state index in [1.54, 1.807) is 12.1 Å². The van der Waals surface area contributed by atoms with Crippen LogP contribution in [-0.4, -0.2) is 9.55 Å². The molecule has 0 aliphatic heterocycles.